The van der Waals surface area contributed by atoms with E-state index in [1.807, 2.05) is 0 Å². The van der Waals surface area contributed by atoms with Crippen molar-refractivity contribution in [2.24, 2.45) is 11.0 Å². The summed E-state index contributed by atoms with van der Waals surface area (Å²) in [4.78, 5) is 9.81. The van der Waals surface area contributed by atoms with Gasteiger partial charge in [-0.05, 0) is 36.4 Å². The van der Waals surface area contributed by atoms with E-state index in [0.717, 1.165) is 6.54 Å². The second-order valence-electron chi connectivity index (χ2n) is 4.29. The Kier molecular flexibility index (Phi) is 6.38. The minimum Gasteiger partial charge on any atom is -0.401 e. The summed E-state index contributed by atoms with van der Waals surface area (Å²) in [6.07, 6.45) is 4.61. The Morgan fingerprint density at radius 3 is 2.95 bits per heavy atom. The van der Waals surface area contributed by atoms with Crippen LogP contribution in [0.1, 0.15) is 19.6 Å². The quantitative estimate of drug-likeness (QED) is 0.362. The number of hydrogen-bond acceptors (Lipinski definition) is 5. The zero-order valence-corrected chi connectivity index (χ0v) is 12.0. The highest BCUT2D eigenvalue weighted by molar-refractivity contribution is 7.80. The molecule has 0 radical (unpaired) electrons. The maximum atomic E-state index is 10.4. The summed E-state index contributed by atoms with van der Waals surface area (Å²) in [6.45, 7) is 4.92. The molecule has 8 heteroatoms. The van der Waals surface area contributed by atoms with E-state index in [9.17, 15) is 10.1 Å². The maximum absolute atomic E-state index is 10.4. The van der Waals surface area contributed by atoms with Gasteiger partial charge in [0.15, 0.2) is 5.11 Å². The molecule has 0 aliphatic carbocycles. The lowest BCUT2D eigenvalue weighted by Crippen LogP contribution is -2.34. The Morgan fingerprint density at radius 2 is 2.35 bits per heavy atom. The number of nitro groups is 1. The number of nitrogens with one attached hydrogen (secondary N) is 2. The molecule has 0 aliphatic rings. The molecule has 108 valence electrons. The standard InChI is InChI=1S/C12H16N4O3S/c1-9(2)8-13-12(20)15-14-7-3-4-10-5-6-11(19-10)16(17)18/h3-7,9H,8H2,1-2H3,(H2,13,15,20)/b4-3+,14-7+. The molecule has 2 N–H and O–H groups in total. The van der Waals surface area contributed by atoms with E-state index in [1.54, 1.807) is 12.2 Å². The van der Waals surface area contributed by atoms with Gasteiger partial charge in [-0.2, -0.15) is 5.10 Å². The van der Waals surface area contributed by atoms with Crippen LogP contribution in [0.4, 0.5) is 5.88 Å². The molecule has 0 saturated heterocycles. The molecule has 0 amide bonds. The largest absolute Gasteiger partial charge is 0.433 e. The first-order valence-electron chi connectivity index (χ1n) is 5.97. The molecule has 0 spiro atoms. The normalized spacial score (nSPS) is 11.3. The zero-order chi connectivity index (χ0) is 15.0. The van der Waals surface area contributed by atoms with Crippen LogP contribution in [0, 0.1) is 16.0 Å². The van der Waals surface area contributed by atoms with Gasteiger partial charge in [-0.15, -0.1) is 0 Å². The van der Waals surface area contributed by atoms with Crippen LogP contribution >= 0.6 is 12.2 Å². The van der Waals surface area contributed by atoms with Crippen LogP contribution in [0.25, 0.3) is 6.08 Å². The van der Waals surface area contributed by atoms with E-state index in [-0.39, 0.29) is 5.88 Å². The van der Waals surface area contributed by atoms with Crippen molar-refractivity contribution in [1.82, 2.24) is 10.7 Å². The molecular formula is C12H16N4O3S. The summed E-state index contributed by atoms with van der Waals surface area (Å²) < 4.78 is 4.93. The molecule has 0 saturated carbocycles. The molecule has 0 aliphatic heterocycles. The van der Waals surface area contributed by atoms with Crippen molar-refractivity contribution in [2.45, 2.75) is 13.8 Å². The van der Waals surface area contributed by atoms with E-state index in [4.69, 9.17) is 16.6 Å². The molecule has 1 heterocycles. The fourth-order valence-electron chi connectivity index (χ4n) is 1.14. The van der Waals surface area contributed by atoms with Gasteiger partial charge in [0.2, 0.25) is 0 Å². The molecule has 1 rings (SSSR count). The van der Waals surface area contributed by atoms with Crippen molar-refractivity contribution < 1.29 is 9.34 Å². The molecular weight excluding hydrogens is 280 g/mol. The predicted molar refractivity (Wildman–Crippen MR) is 81.5 cm³/mol. The van der Waals surface area contributed by atoms with Crippen molar-refractivity contribution in [3.8, 4) is 0 Å². The summed E-state index contributed by atoms with van der Waals surface area (Å²) in [5.41, 5.74) is 2.65. The monoisotopic (exact) mass is 296 g/mol. The molecule has 1 aromatic heterocycles. The van der Waals surface area contributed by atoms with Gasteiger partial charge in [0, 0.05) is 12.8 Å². The van der Waals surface area contributed by atoms with E-state index in [1.165, 1.54) is 18.3 Å². The van der Waals surface area contributed by atoms with Crippen LogP contribution in [0.15, 0.2) is 27.7 Å². The van der Waals surface area contributed by atoms with Crippen molar-refractivity contribution in [2.75, 3.05) is 6.54 Å². The Bertz CT molecular complexity index is 523. The highest BCUT2D eigenvalue weighted by Gasteiger charge is 2.09. The maximum Gasteiger partial charge on any atom is 0.433 e. The first-order valence-corrected chi connectivity index (χ1v) is 6.37. The molecule has 20 heavy (non-hydrogen) atoms. The van der Waals surface area contributed by atoms with Gasteiger partial charge < -0.3 is 9.73 Å². The Morgan fingerprint density at radius 1 is 1.60 bits per heavy atom. The van der Waals surface area contributed by atoms with Crippen LogP contribution in [0.3, 0.4) is 0 Å². The summed E-state index contributed by atoms with van der Waals surface area (Å²) >= 11 is 4.99. The number of allylic oxidation sites excluding steroid dienone is 1. The summed E-state index contributed by atoms with van der Waals surface area (Å²) in [5, 5.41) is 17.7. The highest BCUT2D eigenvalue weighted by Crippen LogP contribution is 2.16. The number of hydrazone groups is 1. The average molecular weight is 296 g/mol. The molecule has 0 atom stereocenters. The number of hydrogen-bond donors (Lipinski definition) is 2. The van der Waals surface area contributed by atoms with Gasteiger partial charge in [-0.1, -0.05) is 13.8 Å². The average Bonchev–Trinajstić information content (AvgIpc) is 2.85. The SMILES string of the molecule is CC(C)CNC(=S)N/N=C/C=C/c1ccc([N+](=O)[O-])o1. The number of nitrogens with zero attached hydrogens (tertiary/aromatic N) is 2. The summed E-state index contributed by atoms with van der Waals surface area (Å²) in [6, 6.07) is 2.80. The first-order chi connectivity index (χ1) is 9.49. The molecule has 7 nitrogen and oxygen atoms in total. The summed E-state index contributed by atoms with van der Waals surface area (Å²) in [7, 11) is 0. The molecule has 0 unspecified atom stereocenters. The van der Waals surface area contributed by atoms with Gasteiger partial charge in [0.25, 0.3) is 0 Å². The third kappa shape index (κ3) is 6.10. The van der Waals surface area contributed by atoms with Crippen LogP contribution in [0.2, 0.25) is 0 Å². The third-order valence-electron chi connectivity index (χ3n) is 2.05. The van der Waals surface area contributed by atoms with Gasteiger partial charge >= 0.3 is 5.88 Å². The van der Waals surface area contributed by atoms with Crippen molar-refractivity contribution in [3.05, 3.63) is 34.1 Å². The predicted octanol–water partition coefficient (Wildman–Crippen LogP) is 2.31. The van der Waals surface area contributed by atoms with Crippen LogP contribution in [0.5, 0.6) is 0 Å². The smallest absolute Gasteiger partial charge is 0.401 e. The van der Waals surface area contributed by atoms with Crippen LogP contribution in [-0.2, 0) is 0 Å². The molecule has 0 bridgehead atoms. The van der Waals surface area contributed by atoms with Gasteiger partial charge in [-0.3, -0.25) is 15.5 Å². The molecule has 0 fully saturated rings. The number of furan rings is 1. The topological polar surface area (TPSA) is 92.7 Å². The minimum absolute atomic E-state index is 0.293. The molecule has 1 aromatic rings. The summed E-state index contributed by atoms with van der Waals surface area (Å²) in [5.74, 6) is 0.579. The lowest BCUT2D eigenvalue weighted by molar-refractivity contribution is -0.402. The van der Waals surface area contributed by atoms with Crippen molar-refractivity contribution in [3.63, 3.8) is 0 Å². The van der Waals surface area contributed by atoms with Gasteiger partial charge in [0.1, 0.15) is 10.7 Å². The lowest BCUT2D eigenvalue weighted by Gasteiger charge is -2.08. The van der Waals surface area contributed by atoms with Gasteiger partial charge in [-0.25, -0.2) is 0 Å². The number of thiocarbonyl (C=S) groups is 1. The first kappa shape index (κ1) is 15.8. The third-order valence-corrected chi connectivity index (χ3v) is 2.29. The van der Waals surface area contributed by atoms with E-state index >= 15 is 0 Å². The Labute approximate surface area is 121 Å². The number of rotatable bonds is 6. The minimum atomic E-state index is -0.591. The van der Waals surface area contributed by atoms with Crippen LogP contribution in [-0.4, -0.2) is 22.8 Å². The Balaban J connectivity index is 2.34. The zero-order valence-electron chi connectivity index (χ0n) is 11.2. The fraction of sp³-hybridized carbons (Fsp3) is 0.333. The second kappa shape index (κ2) is 8.05. The Hall–Kier alpha value is -2.22. The van der Waals surface area contributed by atoms with Gasteiger partial charge in [0.05, 0.1) is 6.07 Å². The fourth-order valence-corrected chi connectivity index (χ4v) is 1.28. The molecule has 0 aromatic carbocycles. The van der Waals surface area contributed by atoms with Crippen molar-refractivity contribution >= 4 is 35.5 Å². The van der Waals surface area contributed by atoms with E-state index in [0.29, 0.717) is 16.8 Å². The van der Waals surface area contributed by atoms with E-state index in [2.05, 4.69) is 29.7 Å². The van der Waals surface area contributed by atoms with Crippen molar-refractivity contribution in [1.29, 1.82) is 0 Å². The highest BCUT2D eigenvalue weighted by atomic mass is 32.1. The van der Waals surface area contributed by atoms with Crippen LogP contribution < -0.4 is 10.7 Å². The second-order valence-corrected chi connectivity index (χ2v) is 4.69. The lowest BCUT2D eigenvalue weighted by atomic mass is 10.2. The van der Waals surface area contributed by atoms with E-state index < -0.39 is 4.92 Å².